The van der Waals surface area contributed by atoms with Crippen molar-refractivity contribution in [2.75, 3.05) is 6.61 Å². The largest absolute Gasteiger partial charge is 0.394 e. The first-order valence-electron chi connectivity index (χ1n) is 6.59. The molecule has 0 bridgehead atoms. The van der Waals surface area contributed by atoms with Crippen molar-refractivity contribution in [2.24, 2.45) is 0 Å². The van der Waals surface area contributed by atoms with Gasteiger partial charge in [-0.2, -0.15) is 0 Å². The lowest BCUT2D eigenvalue weighted by Gasteiger charge is -2.39. The Kier molecular flexibility index (Phi) is 5.40. The van der Waals surface area contributed by atoms with Crippen molar-refractivity contribution in [2.45, 2.75) is 37.3 Å². The van der Waals surface area contributed by atoms with Crippen molar-refractivity contribution < 1.29 is 34.8 Å². The SMILES string of the molecule is O=[N+]([O-])c1ccc(COC2OC(CO)C(O)[C@@H](O)C2O)cc1. The molecule has 9 heteroatoms. The summed E-state index contributed by atoms with van der Waals surface area (Å²) in [6, 6.07) is 5.60. The lowest BCUT2D eigenvalue weighted by atomic mass is 9.99. The van der Waals surface area contributed by atoms with Gasteiger partial charge in [-0.3, -0.25) is 10.1 Å². The van der Waals surface area contributed by atoms with Crippen LogP contribution < -0.4 is 0 Å². The molecule has 1 aromatic rings. The number of hydrogen-bond acceptors (Lipinski definition) is 8. The Balaban J connectivity index is 1.96. The first kappa shape index (κ1) is 16.7. The summed E-state index contributed by atoms with van der Waals surface area (Å²) >= 11 is 0. The van der Waals surface area contributed by atoms with Crippen molar-refractivity contribution in [3.63, 3.8) is 0 Å². The minimum atomic E-state index is -1.51. The molecule has 22 heavy (non-hydrogen) atoms. The fourth-order valence-corrected chi connectivity index (χ4v) is 2.10. The summed E-state index contributed by atoms with van der Waals surface area (Å²) in [5.41, 5.74) is 0.541. The molecule has 0 saturated carbocycles. The molecule has 0 aliphatic carbocycles. The molecule has 1 aliphatic heterocycles. The molecule has 4 N–H and O–H groups in total. The molecular formula is C13H17NO8. The number of nitro benzene ring substituents is 1. The van der Waals surface area contributed by atoms with E-state index in [9.17, 15) is 25.4 Å². The smallest absolute Gasteiger partial charge is 0.269 e. The maximum absolute atomic E-state index is 10.5. The number of non-ortho nitro benzene ring substituents is 1. The molecule has 2 rings (SSSR count). The monoisotopic (exact) mass is 315 g/mol. The lowest BCUT2D eigenvalue weighted by molar-refractivity contribution is -0.384. The van der Waals surface area contributed by atoms with E-state index in [0.717, 1.165) is 0 Å². The maximum atomic E-state index is 10.5. The van der Waals surface area contributed by atoms with Crippen LogP contribution in [0.15, 0.2) is 24.3 Å². The average Bonchev–Trinajstić information content (AvgIpc) is 2.52. The Morgan fingerprint density at radius 2 is 1.77 bits per heavy atom. The molecule has 122 valence electrons. The second-order valence-electron chi connectivity index (χ2n) is 4.93. The van der Waals surface area contributed by atoms with Crippen LogP contribution in [0.3, 0.4) is 0 Å². The highest BCUT2D eigenvalue weighted by atomic mass is 16.7. The molecule has 1 fully saturated rings. The van der Waals surface area contributed by atoms with Crippen LogP contribution in [0.25, 0.3) is 0 Å². The molecule has 9 nitrogen and oxygen atoms in total. The summed E-state index contributed by atoms with van der Waals surface area (Å²) in [5.74, 6) is 0. The minimum Gasteiger partial charge on any atom is -0.394 e. The van der Waals surface area contributed by atoms with E-state index in [2.05, 4.69) is 0 Å². The van der Waals surface area contributed by atoms with Crippen LogP contribution in [0, 0.1) is 10.1 Å². The molecule has 0 radical (unpaired) electrons. The van der Waals surface area contributed by atoms with E-state index in [1.165, 1.54) is 24.3 Å². The Labute approximate surface area is 125 Å². The third-order valence-electron chi connectivity index (χ3n) is 3.41. The van der Waals surface area contributed by atoms with Crippen LogP contribution in [0.1, 0.15) is 5.56 Å². The molecule has 5 atom stereocenters. The molecule has 0 spiro atoms. The van der Waals surface area contributed by atoms with Crippen molar-refractivity contribution in [3.8, 4) is 0 Å². The third kappa shape index (κ3) is 3.58. The lowest BCUT2D eigenvalue weighted by Crippen LogP contribution is -2.59. The third-order valence-corrected chi connectivity index (χ3v) is 3.41. The summed E-state index contributed by atoms with van der Waals surface area (Å²) in [4.78, 5) is 10.0. The zero-order chi connectivity index (χ0) is 16.3. The van der Waals surface area contributed by atoms with Crippen LogP contribution in [0.5, 0.6) is 0 Å². The molecule has 0 amide bonds. The Morgan fingerprint density at radius 3 is 2.32 bits per heavy atom. The van der Waals surface area contributed by atoms with Gasteiger partial charge in [-0.05, 0) is 17.7 Å². The Morgan fingerprint density at radius 1 is 1.14 bits per heavy atom. The normalized spacial score (nSPS) is 31.9. The van der Waals surface area contributed by atoms with Crippen LogP contribution >= 0.6 is 0 Å². The van der Waals surface area contributed by atoms with Gasteiger partial charge in [-0.1, -0.05) is 0 Å². The zero-order valence-corrected chi connectivity index (χ0v) is 11.5. The van der Waals surface area contributed by atoms with Gasteiger partial charge >= 0.3 is 0 Å². The van der Waals surface area contributed by atoms with E-state index in [1.54, 1.807) is 0 Å². The van der Waals surface area contributed by atoms with Crippen molar-refractivity contribution in [1.82, 2.24) is 0 Å². The number of rotatable bonds is 5. The summed E-state index contributed by atoms with van der Waals surface area (Å²) in [6.07, 6.45) is -6.70. The predicted molar refractivity (Wildman–Crippen MR) is 71.7 cm³/mol. The zero-order valence-electron chi connectivity index (χ0n) is 11.5. The fourth-order valence-electron chi connectivity index (χ4n) is 2.10. The quantitative estimate of drug-likeness (QED) is 0.396. The Bertz CT molecular complexity index is 505. The molecule has 1 aliphatic rings. The van der Waals surface area contributed by atoms with Crippen LogP contribution in [0.4, 0.5) is 5.69 Å². The van der Waals surface area contributed by atoms with Crippen molar-refractivity contribution in [3.05, 3.63) is 39.9 Å². The van der Waals surface area contributed by atoms with Crippen molar-refractivity contribution >= 4 is 5.69 Å². The molecule has 1 aromatic carbocycles. The second kappa shape index (κ2) is 7.09. The number of aliphatic hydroxyl groups is 4. The standard InChI is InChI=1S/C13H17NO8/c15-5-9-10(16)11(17)12(18)13(22-9)21-6-7-1-3-8(4-2-7)14(19)20/h1-4,9-13,15-18H,5-6H2/t9?,10?,11-,12?,13?/m1/s1. The maximum Gasteiger partial charge on any atom is 0.269 e. The second-order valence-corrected chi connectivity index (χ2v) is 4.93. The van der Waals surface area contributed by atoms with Crippen LogP contribution in [0.2, 0.25) is 0 Å². The number of aliphatic hydroxyl groups excluding tert-OH is 4. The van der Waals surface area contributed by atoms with E-state index >= 15 is 0 Å². The van der Waals surface area contributed by atoms with Crippen molar-refractivity contribution in [1.29, 1.82) is 0 Å². The predicted octanol–water partition coefficient (Wildman–Crippen LogP) is -1.09. The van der Waals surface area contributed by atoms with Gasteiger partial charge in [-0.15, -0.1) is 0 Å². The van der Waals surface area contributed by atoms with Gasteiger partial charge < -0.3 is 29.9 Å². The van der Waals surface area contributed by atoms with Gasteiger partial charge in [0.2, 0.25) is 0 Å². The van der Waals surface area contributed by atoms with Crippen LogP contribution in [-0.4, -0.2) is 62.7 Å². The summed E-state index contributed by atoms with van der Waals surface area (Å²) in [7, 11) is 0. The van der Waals surface area contributed by atoms with Gasteiger partial charge in [0, 0.05) is 12.1 Å². The number of nitro groups is 1. The number of ether oxygens (including phenoxy) is 2. The van der Waals surface area contributed by atoms with Gasteiger partial charge in [0.25, 0.3) is 5.69 Å². The molecular weight excluding hydrogens is 298 g/mol. The van der Waals surface area contributed by atoms with Gasteiger partial charge in [0.05, 0.1) is 18.1 Å². The topological polar surface area (TPSA) is 143 Å². The number of nitrogens with zero attached hydrogens (tertiary/aromatic N) is 1. The Hall–Kier alpha value is -1.62. The summed E-state index contributed by atoms with van der Waals surface area (Å²) in [6.45, 7) is -0.566. The van der Waals surface area contributed by atoms with E-state index in [4.69, 9.17) is 14.6 Å². The van der Waals surface area contributed by atoms with Crippen LogP contribution in [-0.2, 0) is 16.1 Å². The van der Waals surface area contributed by atoms with E-state index in [-0.39, 0.29) is 12.3 Å². The average molecular weight is 315 g/mol. The fraction of sp³-hybridized carbons (Fsp3) is 0.538. The number of benzene rings is 1. The molecule has 4 unspecified atom stereocenters. The van der Waals surface area contributed by atoms with Gasteiger partial charge in [0.1, 0.15) is 24.4 Å². The molecule has 0 aromatic heterocycles. The first-order valence-corrected chi connectivity index (χ1v) is 6.59. The minimum absolute atomic E-state index is 0.0271. The highest BCUT2D eigenvalue weighted by Crippen LogP contribution is 2.23. The molecule has 1 saturated heterocycles. The van der Waals surface area contributed by atoms with Gasteiger partial charge in [-0.25, -0.2) is 0 Å². The number of hydrogen-bond donors (Lipinski definition) is 4. The van der Waals surface area contributed by atoms with E-state index in [1.807, 2.05) is 0 Å². The highest BCUT2D eigenvalue weighted by Gasteiger charge is 2.43. The molecule has 1 heterocycles. The van der Waals surface area contributed by atoms with E-state index in [0.29, 0.717) is 5.56 Å². The first-order chi connectivity index (χ1) is 10.4. The summed E-state index contributed by atoms with van der Waals surface area (Å²) < 4.78 is 10.5. The van der Waals surface area contributed by atoms with Gasteiger partial charge in [0.15, 0.2) is 6.29 Å². The van der Waals surface area contributed by atoms with E-state index < -0.39 is 42.2 Å². The summed E-state index contributed by atoms with van der Waals surface area (Å²) in [5, 5.41) is 48.6. The highest BCUT2D eigenvalue weighted by molar-refractivity contribution is 5.32.